The standard InChI is InChI=1S/C20H18F3N3O2/c21-20(22,23)15-4-6-18(25-12-15)28-17-5-3-14(13-26-8-10-27-11-9-26)16-2-1-7-24-19(16)17/h1-7,12H,8-11,13H2. The Morgan fingerprint density at radius 1 is 1.04 bits per heavy atom. The molecule has 0 unspecified atom stereocenters. The van der Waals surface area contributed by atoms with E-state index >= 15 is 0 Å². The van der Waals surface area contributed by atoms with Gasteiger partial charge < -0.3 is 9.47 Å². The van der Waals surface area contributed by atoms with Gasteiger partial charge in [0, 0.05) is 43.5 Å². The van der Waals surface area contributed by atoms with Crippen LogP contribution in [0.4, 0.5) is 13.2 Å². The van der Waals surface area contributed by atoms with Crippen molar-refractivity contribution in [2.24, 2.45) is 0 Å². The molecule has 1 saturated heterocycles. The fraction of sp³-hybridized carbons (Fsp3) is 0.300. The zero-order valence-electron chi connectivity index (χ0n) is 14.9. The van der Waals surface area contributed by atoms with Gasteiger partial charge >= 0.3 is 6.18 Å². The summed E-state index contributed by atoms with van der Waals surface area (Å²) in [6.45, 7) is 3.95. The maximum atomic E-state index is 12.7. The van der Waals surface area contributed by atoms with Gasteiger partial charge in [0.2, 0.25) is 5.88 Å². The maximum Gasteiger partial charge on any atom is 0.417 e. The van der Waals surface area contributed by atoms with Gasteiger partial charge in [0.15, 0.2) is 5.75 Å². The van der Waals surface area contributed by atoms with Gasteiger partial charge in [0.25, 0.3) is 0 Å². The Bertz CT molecular complexity index is 955. The number of halogens is 3. The first-order valence-corrected chi connectivity index (χ1v) is 8.88. The molecule has 0 atom stereocenters. The number of aromatic nitrogens is 2. The van der Waals surface area contributed by atoms with Gasteiger partial charge in [0.05, 0.1) is 18.8 Å². The summed E-state index contributed by atoms with van der Waals surface area (Å²) in [7, 11) is 0. The smallest absolute Gasteiger partial charge is 0.417 e. The second kappa shape index (κ2) is 7.73. The number of fused-ring (bicyclic) bond motifs is 1. The Kier molecular flexibility index (Phi) is 5.15. The van der Waals surface area contributed by atoms with Crippen LogP contribution in [0.3, 0.4) is 0 Å². The molecule has 0 radical (unpaired) electrons. The van der Waals surface area contributed by atoms with Crippen molar-refractivity contribution in [2.45, 2.75) is 12.7 Å². The van der Waals surface area contributed by atoms with Crippen molar-refractivity contribution in [3.05, 3.63) is 59.9 Å². The molecule has 3 aromatic rings. The van der Waals surface area contributed by atoms with Crippen molar-refractivity contribution in [2.75, 3.05) is 26.3 Å². The van der Waals surface area contributed by atoms with E-state index in [2.05, 4.69) is 14.9 Å². The van der Waals surface area contributed by atoms with E-state index in [0.29, 0.717) is 11.3 Å². The molecule has 3 heterocycles. The van der Waals surface area contributed by atoms with E-state index in [1.165, 1.54) is 6.07 Å². The Labute approximate surface area is 159 Å². The Hall–Kier alpha value is -2.71. The topological polar surface area (TPSA) is 47.5 Å². The van der Waals surface area contributed by atoms with Crippen molar-refractivity contribution in [1.29, 1.82) is 0 Å². The average molecular weight is 389 g/mol. The number of pyridine rings is 2. The van der Waals surface area contributed by atoms with Crippen molar-refractivity contribution in [3.63, 3.8) is 0 Å². The molecule has 0 aliphatic carbocycles. The van der Waals surface area contributed by atoms with Crippen LogP contribution in [-0.2, 0) is 17.5 Å². The summed E-state index contributed by atoms with van der Waals surface area (Å²) in [6.07, 6.45) is -2.01. The molecule has 1 aliphatic rings. The van der Waals surface area contributed by atoms with E-state index in [1.807, 2.05) is 18.2 Å². The largest absolute Gasteiger partial charge is 0.437 e. The summed E-state index contributed by atoms with van der Waals surface area (Å²) in [5, 5.41) is 0.943. The number of alkyl halides is 3. The van der Waals surface area contributed by atoms with Crippen LogP contribution in [0.1, 0.15) is 11.1 Å². The molecule has 1 aromatic carbocycles. The van der Waals surface area contributed by atoms with Crippen molar-refractivity contribution in [3.8, 4) is 11.6 Å². The summed E-state index contributed by atoms with van der Waals surface area (Å²) in [6, 6.07) is 9.71. The zero-order valence-corrected chi connectivity index (χ0v) is 14.9. The monoisotopic (exact) mass is 389 g/mol. The van der Waals surface area contributed by atoms with E-state index in [-0.39, 0.29) is 5.88 Å². The SMILES string of the molecule is FC(F)(F)c1ccc(Oc2ccc(CN3CCOCC3)c3cccnc23)nc1. The van der Waals surface area contributed by atoms with Gasteiger partial charge in [-0.3, -0.25) is 9.88 Å². The molecular formula is C20H18F3N3O2. The fourth-order valence-electron chi connectivity index (χ4n) is 3.15. The lowest BCUT2D eigenvalue weighted by Gasteiger charge is -2.27. The molecule has 2 aromatic heterocycles. The number of morpholine rings is 1. The van der Waals surface area contributed by atoms with E-state index in [4.69, 9.17) is 9.47 Å². The van der Waals surface area contributed by atoms with Gasteiger partial charge in [-0.25, -0.2) is 4.98 Å². The van der Waals surface area contributed by atoms with Crippen LogP contribution in [0.2, 0.25) is 0 Å². The van der Waals surface area contributed by atoms with Crippen LogP contribution in [0.15, 0.2) is 48.8 Å². The third kappa shape index (κ3) is 4.07. The normalized spacial score (nSPS) is 15.7. The molecular weight excluding hydrogens is 371 g/mol. The highest BCUT2D eigenvalue weighted by atomic mass is 19.4. The molecule has 28 heavy (non-hydrogen) atoms. The van der Waals surface area contributed by atoms with Crippen LogP contribution in [0.25, 0.3) is 10.9 Å². The maximum absolute atomic E-state index is 12.7. The lowest BCUT2D eigenvalue weighted by atomic mass is 10.1. The molecule has 8 heteroatoms. The van der Waals surface area contributed by atoms with Crippen LogP contribution < -0.4 is 4.74 Å². The highest BCUT2D eigenvalue weighted by Gasteiger charge is 2.30. The van der Waals surface area contributed by atoms with Gasteiger partial charge in [-0.05, 0) is 23.8 Å². The summed E-state index contributed by atoms with van der Waals surface area (Å²) in [4.78, 5) is 10.5. The molecule has 0 saturated carbocycles. The molecule has 1 fully saturated rings. The zero-order chi connectivity index (χ0) is 19.6. The third-order valence-electron chi connectivity index (χ3n) is 4.60. The summed E-state index contributed by atoms with van der Waals surface area (Å²) >= 11 is 0. The van der Waals surface area contributed by atoms with Crippen LogP contribution in [-0.4, -0.2) is 41.2 Å². The molecule has 1 aliphatic heterocycles. The van der Waals surface area contributed by atoms with Gasteiger partial charge in [-0.15, -0.1) is 0 Å². The van der Waals surface area contributed by atoms with Crippen LogP contribution in [0, 0.1) is 0 Å². The minimum absolute atomic E-state index is 0.0842. The van der Waals surface area contributed by atoms with Crippen LogP contribution >= 0.6 is 0 Å². The van der Waals surface area contributed by atoms with E-state index in [9.17, 15) is 13.2 Å². The van der Waals surface area contributed by atoms with Crippen molar-refractivity contribution < 1.29 is 22.6 Å². The van der Waals surface area contributed by atoms with Gasteiger partial charge in [0.1, 0.15) is 5.52 Å². The Balaban J connectivity index is 1.60. The van der Waals surface area contributed by atoms with E-state index in [1.54, 1.807) is 12.3 Å². The molecule has 5 nitrogen and oxygen atoms in total. The molecule has 0 bridgehead atoms. The molecule has 0 N–H and O–H groups in total. The first kappa shape index (κ1) is 18.6. The Morgan fingerprint density at radius 2 is 1.86 bits per heavy atom. The number of hydrogen-bond donors (Lipinski definition) is 0. The van der Waals surface area contributed by atoms with Crippen molar-refractivity contribution >= 4 is 10.9 Å². The van der Waals surface area contributed by atoms with E-state index < -0.39 is 11.7 Å². The lowest BCUT2D eigenvalue weighted by molar-refractivity contribution is -0.137. The molecule has 4 rings (SSSR count). The fourth-order valence-corrected chi connectivity index (χ4v) is 3.15. The number of nitrogens with zero attached hydrogens (tertiary/aromatic N) is 3. The average Bonchev–Trinajstić information content (AvgIpc) is 2.70. The molecule has 0 amide bonds. The van der Waals surface area contributed by atoms with Gasteiger partial charge in [-0.1, -0.05) is 12.1 Å². The number of rotatable bonds is 4. The minimum Gasteiger partial charge on any atom is -0.437 e. The quantitative estimate of drug-likeness (QED) is 0.667. The highest BCUT2D eigenvalue weighted by molar-refractivity contribution is 5.87. The highest BCUT2D eigenvalue weighted by Crippen LogP contribution is 2.33. The second-order valence-electron chi connectivity index (χ2n) is 6.50. The summed E-state index contributed by atoms with van der Waals surface area (Å²) < 4.78 is 49.2. The third-order valence-corrected chi connectivity index (χ3v) is 4.60. The lowest BCUT2D eigenvalue weighted by Crippen LogP contribution is -2.35. The van der Waals surface area contributed by atoms with Crippen molar-refractivity contribution in [1.82, 2.24) is 14.9 Å². The van der Waals surface area contributed by atoms with Gasteiger partial charge in [-0.2, -0.15) is 13.2 Å². The first-order chi connectivity index (χ1) is 13.5. The Morgan fingerprint density at radius 3 is 2.57 bits per heavy atom. The predicted molar refractivity (Wildman–Crippen MR) is 97.2 cm³/mol. The summed E-state index contributed by atoms with van der Waals surface area (Å²) in [5.41, 5.74) is 0.941. The van der Waals surface area contributed by atoms with E-state index in [0.717, 1.165) is 56.1 Å². The molecule has 0 spiro atoms. The predicted octanol–water partition coefficient (Wildman–Crippen LogP) is 4.27. The molecule has 146 valence electrons. The van der Waals surface area contributed by atoms with Crippen LogP contribution in [0.5, 0.6) is 11.6 Å². The minimum atomic E-state index is -4.43. The number of hydrogen-bond acceptors (Lipinski definition) is 5. The number of benzene rings is 1. The first-order valence-electron chi connectivity index (χ1n) is 8.88. The number of ether oxygens (including phenoxy) is 2. The summed E-state index contributed by atoms with van der Waals surface area (Å²) in [5.74, 6) is 0.537. The second-order valence-corrected chi connectivity index (χ2v) is 6.50.